The summed E-state index contributed by atoms with van der Waals surface area (Å²) in [6.07, 6.45) is 1.52. The zero-order valence-corrected chi connectivity index (χ0v) is 15.5. The minimum absolute atomic E-state index is 0.152. The van der Waals surface area contributed by atoms with E-state index in [-0.39, 0.29) is 11.8 Å². The van der Waals surface area contributed by atoms with Gasteiger partial charge in [-0.25, -0.2) is 12.7 Å². The topological polar surface area (TPSA) is 97.6 Å². The lowest BCUT2D eigenvalue weighted by atomic mass is 10.1. The molecule has 1 saturated heterocycles. The van der Waals surface area contributed by atoms with Crippen molar-refractivity contribution >= 4 is 16.0 Å². The van der Waals surface area contributed by atoms with E-state index in [0.29, 0.717) is 31.2 Å². The molecule has 1 aliphatic rings. The van der Waals surface area contributed by atoms with Crippen molar-refractivity contribution in [1.82, 2.24) is 14.9 Å². The van der Waals surface area contributed by atoms with Crippen molar-refractivity contribution < 1.29 is 8.42 Å². The van der Waals surface area contributed by atoms with E-state index in [1.807, 2.05) is 12.1 Å². The summed E-state index contributed by atoms with van der Waals surface area (Å²) in [5.74, 6) is 0.847. The minimum atomic E-state index is -3.09. The fourth-order valence-electron chi connectivity index (χ4n) is 2.73. The van der Waals surface area contributed by atoms with Crippen molar-refractivity contribution in [2.24, 2.45) is 4.99 Å². The van der Waals surface area contributed by atoms with E-state index in [9.17, 15) is 8.42 Å². The van der Waals surface area contributed by atoms with Gasteiger partial charge in [-0.05, 0) is 37.5 Å². The quantitative estimate of drug-likeness (QED) is 0.602. The van der Waals surface area contributed by atoms with Crippen molar-refractivity contribution in [2.75, 3.05) is 25.9 Å². The lowest BCUT2D eigenvalue weighted by Gasteiger charge is -2.32. The normalized spacial score (nSPS) is 17.1. The van der Waals surface area contributed by atoms with E-state index in [1.165, 1.54) is 0 Å². The molecule has 1 heterocycles. The Balaban J connectivity index is 1.82. The zero-order chi connectivity index (χ0) is 18.3. The summed E-state index contributed by atoms with van der Waals surface area (Å²) in [4.78, 5) is 4.23. The van der Waals surface area contributed by atoms with Crippen molar-refractivity contribution in [1.29, 1.82) is 5.26 Å². The van der Waals surface area contributed by atoms with E-state index in [0.717, 1.165) is 18.4 Å². The Labute approximate surface area is 149 Å². The van der Waals surface area contributed by atoms with Crippen LogP contribution in [0.15, 0.2) is 29.3 Å². The first-order chi connectivity index (χ1) is 12.0. The number of guanidine groups is 1. The number of sulfonamides is 1. The van der Waals surface area contributed by atoms with Gasteiger partial charge in [0, 0.05) is 32.7 Å². The standard InChI is InChI=1S/C17H25N5O2S/c1-3-25(23,24)22-10-8-16(9-11-22)21-17(19-2)20-13-15-6-4-14(12-18)5-7-15/h4-7,16H,3,8-11,13H2,1-2H3,(H2,19,20,21). The highest BCUT2D eigenvalue weighted by Gasteiger charge is 2.26. The molecule has 0 spiro atoms. The van der Waals surface area contributed by atoms with Gasteiger partial charge in [0.25, 0.3) is 0 Å². The predicted octanol–water partition coefficient (Wildman–Crippen LogP) is 1.04. The van der Waals surface area contributed by atoms with Crippen LogP contribution in [0.25, 0.3) is 0 Å². The third-order valence-corrected chi connectivity index (χ3v) is 6.20. The molecule has 1 aromatic rings. The monoisotopic (exact) mass is 363 g/mol. The van der Waals surface area contributed by atoms with Gasteiger partial charge in [-0.1, -0.05) is 12.1 Å². The van der Waals surface area contributed by atoms with Crippen molar-refractivity contribution in [3.05, 3.63) is 35.4 Å². The van der Waals surface area contributed by atoms with Crippen molar-refractivity contribution in [2.45, 2.75) is 32.4 Å². The second-order valence-electron chi connectivity index (χ2n) is 5.95. The van der Waals surface area contributed by atoms with Crippen LogP contribution in [0.1, 0.15) is 30.9 Å². The van der Waals surface area contributed by atoms with Crippen LogP contribution in [0, 0.1) is 11.3 Å². The molecule has 7 nitrogen and oxygen atoms in total. The number of piperidine rings is 1. The second-order valence-corrected chi connectivity index (χ2v) is 8.21. The molecule has 136 valence electrons. The molecule has 0 atom stereocenters. The lowest BCUT2D eigenvalue weighted by Crippen LogP contribution is -2.49. The average Bonchev–Trinajstić information content (AvgIpc) is 2.65. The Hall–Kier alpha value is -2.11. The molecule has 2 N–H and O–H groups in total. The number of benzene rings is 1. The van der Waals surface area contributed by atoms with Crippen LogP contribution in [0.4, 0.5) is 0 Å². The van der Waals surface area contributed by atoms with Crippen molar-refractivity contribution in [3.63, 3.8) is 0 Å². The first kappa shape index (κ1) is 19.2. The number of nitriles is 1. The van der Waals surface area contributed by atoms with E-state index in [2.05, 4.69) is 21.7 Å². The van der Waals surface area contributed by atoms with Crippen LogP contribution in [0.5, 0.6) is 0 Å². The molecule has 0 saturated carbocycles. The fraction of sp³-hybridized carbons (Fsp3) is 0.529. The fourth-order valence-corrected chi connectivity index (χ4v) is 3.86. The van der Waals surface area contributed by atoms with Crippen LogP contribution in [0.3, 0.4) is 0 Å². The molecule has 25 heavy (non-hydrogen) atoms. The van der Waals surface area contributed by atoms with Gasteiger partial charge in [-0.15, -0.1) is 0 Å². The SMILES string of the molecule is CCS(=O)(=O)N1CCC(NC(=NC)NCc2ccc(C#N)cc2)CC1. The van der Waals surface area contributed by atoms with Gasteiger partial charge in [-0.3, -0.25) is 4.99 Å². The molecule has 0 aliphatic carbocycles. The number of hydrogen-bond donors (Lipinski definition) is 2. The van der Waals surface area contributed by atoms with Gasteiger partial charge in [-0.2, -0.15) is 5.26 Å². The predicted molar refractivity (Wildman–Crippen MR) is 98.5 cm³/mol. The van der Waals surface area contributed by atoms with Gasteiger partial charge in [0.15, 0.2) is 5.96 Å². The number of hydrogen-bond acceptors (Lipinski definition) is 4. The van der Waals surface area contributed by atoms with Crippen LogP contribution >= 0.6 is 0 Å². The number of rotatable bonds is 5. The Morgan fingerprint density at radius 3 is 2.48 bits per heavy atom. The van der Waals surface area contributed by atoms with Crippen molar-refractivity contribution in [3.8, 4) is 6.07 Å². The molecule has 0 radical (unpaired) electrons. The summed E-state index contributed by atoms with van der Waals surface area (Å²) in [5.41, 5.74) is 1.70. The molecule has 0 unspecified atom stereocenters. The summed E-state index contributed by atoms with van der Waals surface area (Å²) in [6.45, 7) is 3.37. The molecule has 0 amide bonds. The minimum Gasteiger partial charge on any atom is -0.354 e. The summed E-state index contributed by atoms with van der Waals surface area (Å²) >= 11 is 0. The van der Waals surface area contributed by atoms with E-state index in [1.54, 1.807) is 30.4 Å². The highest BCUT2D eigenvalue weighted by Crippen LogP contribution is 2.14. The maximum atomic E-state index is 11.9. The molecule has 1 fully saturated rings. The maximum Gasteiger partial charge on any atom is 0.213 e. The average molecular weight is 363 g/mol. The van der Waals surface area contributed by atoms with Gasteiger partial charge >= 0.3 is 0 Å². The second kappa shape index (κ2) is 8.83. The highest BCUT2D eigenvalue weighted by molar-refractivity contribution is 7.89. The Bertz CT molecular complexity index is 729. The van der Waals surface area contributed by atoms with Gasteiger partial charge in [0.05, 0.1) is 17.4 Å². The molecule has 0 bridgehead atoms. The largest absolute Gasteiger partial charge is 0.354 e. The zero-order valence-electron chi connectivity index (χ0n) is 14.7. The summed E-state index contributed by atoms with van der Waals surface area (Å²) in [7, 11) is -1.38. The van der Waals surface area contributed by atoms with Crippen LogP contribution in [0.2, 0.25) is 0 Å². The molecule has 0 aromatic heterocycles. The maximum absolute atomic E-state index is 11.9. The molecule has 1 aliphatic heterocycles. The molecular weight excluding hydrogens is 338 g/mol. The third-order valence-electron chi connectivity index (χ3n) is 4.32. The Kier molecular flexibility index (Phi) is 6.79. The van der Waals surface area contributed by atoms with Crippen LogP contribution in [-0.4, -0.2) is 50.6 Å². The van der Waals surface area contributed by atoms with Gasteiger partial charge < -0.3 is 10.6 Å². The van der Waals surface area contributed by atoms with Gasteiger partial charge in [0.1, 0.15) is 0 Å². The van der Waals surface area contributed by atoms with E-state index in [4.69, 9.17) is 5.26 Å². The lowest BCUT2D eigenvalue weighted by molar-refractivity contribution is 0.306. The smallest absolute Gasteiger partial charge is 0.213 e. The summed E-state index contributed by atoms with van der Waals surface area (Å²) in [5, 5.41) is 15.4. The van der Waals surface area contributed by atoms with E-state index >= 15 is 0 Å². The van der Waals surface area contributed by atoms with Crippen LogP contribution < -0.4 is 10.6 Å². The summed E-state index contributed by atoms with van der Waals surface area (Å²) in [6, 6.07) is 9.70. The number of aliphatic imine (C=N–C) groups is 1. The summed E-state index contributed by atoms with van der Waals surface area (Å²) < 4.78 is 25.4. The first-order valence-corrected chi connectivity index (χ1v) is 10.0. The highest BCUT2D eigenvalue weighted by atomic mass is 32.2. The molecule has 8 heteroatoms. The first-order valence-electron chi connectivity index (χ1n) is 8.42. The third kappa shape index (κ3) is 5.44. The molecule has 2 rings (SSSR count). The van der Waals surface area contributed by atoms with Crippen LogP contribution in [-0.2, 0) is 16.6 Å². The van der Waals surface area contributed by atoms with Gasteiger partial charge in [0.2, 0.25) is 10.0 Å². The number of nitrogens with one attached hydrogen (secondary N) is 2. The molecular formula is C17H25N5O2S. The van der Waals surface area contributed by atoms with E-state index < -0.39 is 10.0 Å². The number of nitrogens with zero attached hydrogens (tertiary/aromatic N) is 3. The Morgan fingerprint density at radius 1 is 1.32 bits per heavy atom. The molecule has 1 aromatic carbocycles. The Morgan fingerprint density at radius 2 is 1.96 bits per heavy atom.